The minimum absolute atomic E-state index is 0.377. The van der Waals surface area contributed by atoms with Gasteiger partial charge in [-0.25, -0.2) is 0 Å². The van der Waals surface area contributed by atoms with E-state index in [4.69, 9.17) is 27.4 Å². The summed E-state index contributed by atoms with van der Waals surface area (Å²) in [5, 5.41) is 0. The van der Waals surface area contributed by atoms with E-state index in [9.17, 15) is 0 Å². The molecule has 4 nitrogen and oxygen atoms in total. The van der Waals surface area contributed by atoms with Crippen molar-refractivity contribution in [3.8, 4) is 5.75 Å². The van der Waals surface area contributed by atoms with Gasteiger partial charge in [0, 0.05) is 26.7 Å². The number of rotatable bonds is 5. The lowest BCUT2D eigenvalue weighted by molar-refractivity contribution is 0.0388. The smallest absolute Gasteiger partial charge is 0.129 e. The van der Waals surface area contributed by atoms with Gasteiger partial charge < -0.3 is 15.2 Å². The van der Waals surface area contributed by atoms with Crippen LogP contribution in [0.4, 0.5) is 0 Å². The number of nitrogens with two attached hydrogens (primary N) is 1. The molecule has 0 atom stereocenters. The molecule has 0 unspecified atom stereocenters. The van der Waals surface area contributed by atoms with Crippen LogP contribution in [0.5, 0.6) is 5.75 Å². The van der Waals surface area contributed by atoms with Crippen LogP contribution in [0.3, 0.4) is 0 Å². The van der Waals surface area contributed by atoms with Gasteiger partial charge in [-0.05, 0) is 30.5 Å². The second-order valence-corrected chi connectivity index (χ2v) is 5.55. The highest BCUT2D eigenvalue weighted by atomic mass is 32.1. The molecule has 0 radical (unpaired) electrons. The van der Waals surface area contributed by atoms with Crippen LogP contribution in [-0.2, 0) is 11.3 Å². The molecule has 1 heterocycles. The van der Waals surface area contributed by atoms with Crippen LogP contribution in [0, 0.1) is 0 Å². The van der Waals surface area contributed by atoms with Crippen molar-refractivity contribution >= 4 is 17.2 Å². The molecule has 0 bridgehead atoms. The average molecular weight is 294 g/mol. The summed E-state index contributed by atoms with van der Waals surface area (Å²) in [5.41, 5.74) is 7.77. The normalized spacial score (nSPS) is 17.1. The van der Waals surface area contributed by atoms with Crippen molar-refractivity contribution < 1.29 is 9.47 Å². The zero-order valence-corrected chi connectivity index (χ0v) is 12.9. The van der Waals surface area contributed by atoms with E-state index >= 15 is 0 Å². The second kappa shape index (κ2) is 7.02. The maximum absolute atomic E-state index is 5.75. The van der Waals surface area contributed by atoms with Crippen LogP contribution in [0.15, 0.2) is 18.2 Å². The minimum atomic E-state index is 0.377. The van der Waals surface area contributed by atoms with Crippen LogP contribution < -0.4 is 10.5 Å². The predicted molar refractivity (Wildman–Crippen MR) is 84.2 cm³/mol. The minimum Gasteiger partial charge on any atom is -0.496 e. The Labute approximate surface area is 125 Å². The summed E-state index contributed by atoms with van der Waals surface area (Å²) in [6.45, 7) is 3.04. The maximum Gasteiger partial charge on any atom is 0.129 e. The number of benzene rings is 1. The predicted octanol–water partition coefficient (Wildman–Crippen LogP) is 1.94. The number of hydrogen-bond donors (Lipinski definition) is 1. The molecule has 0 aliphatic carbocycles. The molecule has 1 aromatic rings. The standard InChI is InChI=1S/C15H22N2O2S/c1-18-12-5-7-17(8-6-12)10-11-3-4-14(19-2)13(9-11)15(16)20/h3-4,9,12H,5-8,10H2,1-2H3,(H2,16,20). The molecule has 0 spiro atoms. The number of ether oxygens (including phenoxy) is 2. The summed E-state index contributed by atoms with van der Waals surface area (Å²) in [6.07, 6.45) is 2.60. The van der Waals surface area contributed by atoms with Crippen LogP contribution in [0.25, 0.3) is 0 Å². The first kappa shape index (κ1) is 15.2. The third-order valence-corrected chi connectivity index (χ3v) is 4.02. The van der Waals surface area contributed by atoms with E-state index in [0.717, 1.165) is 43.8 Å². The van der Waals surface area contributed by atoms with E-state index < -0.39 is 0 Å². The lowest BCUT2D eigenvalue weighted by Gasteiger charge is -2.31. The summed E-state index contributed by atoms with van der Waals surface area (Å²) < 4.78 is 10.7. The van der Waals surface area contributed by atoms with Crippen LogP contribution in [-0.4, -0.2) is 43.3 Å². The first-order valence-electron chi connectivity index (χ1n) is 6.86. The van der Waals surface area contributed by atoms with E-state index in [2.05, 4.69) is 11.0 Å². The molecule has 1 aromatic carbocycles. The zero-order valence-electron chi connectivity index (χ0n) is 12.1. The fraction of sp³-hybridized carbons (Fsp3) is 0.533. The second-order valence-electron chi connectivity index (χ2n) is 5.11. The van der Waals surface area contributed by atoms with Crippen LogP contribution >= 0.6 is 12.2 Å². The molecule has 2 N–H and O–H groups in total. The third kappa shape index (κ3) is 3.69. The van der Waals surface area contributed by atoms with Crippen molar-refractivity contribution in [1.29, 1.82) is 0 Å². The summed E-state index contributed by atoms with van der Waals surface area (Å²) in [4.78, 5) is 2.81. The molecule has 0 amide bonds. The van der Waals surface area contributed by atoms with E-state index in [1.54, 1.807) is 14.2 Å². The Balaban J connectivity index is 2.03. The van der Waals surface area contributed by atoms with Crippen molar-refractivity contribution in [2.24, 2.45) is 5.73 Å². The number of nitrogens with zero attached hydrogens (tertiary/aromatic N) is 1. The first-order chi connectivity index (χ1) is 9.63. The molecule has 110 valence electrons. The molecule has 2 rings (SSSR count). The number of hydrogen-bond acceptors (Lipinski definition) is 4. The SMILES string of the molecule is COc1ccc(CN2CCC(OC)CC2)cc1C(N)=S. The van der Waals surface area contributed by atoms with Gasteiger partial charge in [-0.2, -0.15) is 0 Å². The highest BCUT2D eigenvalue weighted by Crippen LogP contribution is 2.22. The molecule has 1 aliphatic rings. The fourth-order valence-electron chi connectivity index (χ4n) is 2.61. The molecular weight excluding hydrogens is 272 g/mol. The van der Waals surface area contributed by atoms with Crippen LogP contribution in [0.2, 0.25) is 0 Å². The van der Waals surface area contributed by atoms with Crippen molar-refractivity contribution in [3.63, 3.8) is 0 Å². The molecule has 0 saturated carbocycles. The quantitative estimate of drug-likeness (QED) is 0.841. The Hall–Kier alpha value is -1.17. The van der Waals surface area contributed by atoms with Gasteiger partial charge in [0.1, 0.15) is 10.7 Å². The largest absolute Gasteiger partial charge is 0.496 e. The molecule has 20 heavy (non-hydrogen) atoms. The molecule has 0 aromatic heterocycles. The number of methoxy groups -OCH3 is 2. The third-order valence-electron chi connectivity index (χ3n) is 3.80. The summed E-state index contributed by atoms with van der Waals surface area (Å²) in [5.74, 6) is 0.736. The summed E-state index contributed by atoms with van der Waals surface area (Å²) in [7, 11) is 3.42. The van der Waals surface area contributed by atoms with E-state index in [1.807, 2.05) is 12.1 Å². The molecule has 1 saturated heterocycles. The fourth-order valence-corrected chi connectivity index (χ4v) is 2.77. The number of likely N-dealkylation sites (tertiary alicyclic amines) is 1. The van der Waals surface area contributed by atoms with Gasteiger partial charge in [0.05, 0.1) is 18.8 Å². The summed E-state index contributed by atoms with van der Waals surface area (Å²) >= 11 is 5.08. The van der Waals surface area contributed by atoms with Crippen molar-refractivity contribution in [3.05, 3.63) is 29.3 Å². The van der Waals surface area contributed by atoms with Crippen molar-refractivity contribution in [2.45, 2.75) is 25.5 Å². The van der Waals surface area contributed by atoms with Gasteiger partial charge in [0.15, 0.2) is 0 Å². The highest BCUT2D eigenvalue weighted by molar-refractivity contribution is 7.80. The number of piperidine rings is 1. The molecule has 1 fully saturated rings. The molecular formula is C15H22N2O2S. The topological polar surface area (TPSA) is 47.7 Å². The first-order valence-corrected chi connectivity index (χ1v) is 7.26. The summed E-state index contributed by atoms with van der Waals surface area (Å²) in [6, 6.07) is 6.04. The van der Waals surface area contributed by atoms with Gasteiger partial charge >= 0.3 is 0 Å². The van der Waals surface area contributed by atoms with Crippen LogP contribution in [0.1, 0.15) is 24.0 Å². The number of thiocarbonyl (C=S) groups is 1. The van der Waals surface area contributed by atoms with E-state index in [1.165, 1.54) is 5.56 Å². The Morgan fingerprint density at radius 2 is 2.05 bits per heavy atom. The van der Waals surface area contributed by atoms with Gasteiger partial charge in [-0.1, -0.05) is 18.3 Å². The lowest BCUT2D eigenvalue weighted by Crippen LogP contribution is -2.36. The molecule has 1 aliphatic heterocycles. The highest BCUT2D eigenvalue weighted by Gasteiger charge is 2.19. The average Bonchev–Trinajstić information content (AvgIpc) is 2.48. The van der Waals surface area contributed by atoms with E-state index in [0.29, 0.717) is 11.1 Å². The monoisotopic (exact) mass is 294 g/mol. The lowest BCUT2D eigenvalue weighted by atomic mass is 10.1. The Morgan fingerprint density at radius 3 is 2.60 bits per heavy atom. The maximum atomic E-state index is 5.75. The Bertz CT molecular complexity index is 471. The van der Waals surface area contributed by atoms with Crippen molar-refractivity contribution in [1.82, 2.24) is 4.90 Å². The van der Waals surface area contributed by atoms with E-state index in [-0.39, 0.29) is 0 Å². The van der Waals surface area contributed by atoms with Gasteiger partial charge in [0.25, 0.3) is 0 Å². The molecule has 5 heteroatoms. The Morgan fingerprint density at radius 1 is 1.35 bits per heavy atom. The Kier molecular flexibility index (Phi) is 5.34. The van der Waals surface area contributed by atoms with Gasteiger partial charge in [-0.15, -0.1) is 0 Å². The van der Waals surface area contributed by atoms with Gasteiger partial charge in [-0.3, -0.25) is 4.90 Å². The van der Waals surface area contributed by atoms with Gasteiger partial charge in [0.2, 0.25) is 0 Å². The zero-order chi connectivity index (χ0) is 14.5. The van der Waals surface area contributed by atoms with Crippen molar-refractivity contribution in [2.75, 3.05) is 27.3 Å².